The van der Waals surface area contributed by atoms with E-state index in [2.05, 4.69) is 15.5 Å². The Labute approximate surface area is 146 Å². The number of carbonyl (C=O) groups is 2. The van der Waals surface area contributed by atoms with Gasteiger partial charge in [-0.25, -0.2) is 0 Å². The first-order chi connectivity index (χ1) is 12.1. The summed E-state index contributed by atoms with van der Waals surface area (Å²) in [5.41, 5.74) is 6.17. The van der Waals surface area contributed by atoms with Gasteiger partial charge in [0.25, 0.3) is 5.91 Å². The van der Waals surface area contributed by atoms with E-state index in [1.54, 1.807) is 24.3 Å². The van der Waals surface area contributed by atoms with Crippen LogP contribution in [0.5, 0.6) is 0 Å². The number of hydrogen-bond acceptors (Lipinski definition) is 6. The summed E-state index contributed by atoms with van der Waals surface area (Å²) in [6.07, 6.45) is 1.34. The molecule has 1 saturated heterocycles. The van der Waals surface area contributed by atoms with Crippen LogP contribution in [0.1, 0.15) is 10.4 Å². The summed E-state index contributed by atoms with van der Waals surface area (Å²) < 4.78 is 5.26. The molecule has 0 spiro atoms. The maximum Gasteiger partial charge on any atom is 0.263 e. The van der Waals surface area contributed by atoms with Crippen LogP contribution in [0.25, 0.3) is 0 Å². The average Bonchev–Trinajstić information content (AvgIpc) is 2.63. The van der Waals surface area contributed by atoms with Gasteiger partial charge >= 0.3 is 0 Å². The molecule has 25 heavy (non-hydrogen) atoms. The number of primary amides is 1. The van der Waals surface area contributed by atoms with E-state index in [1.807, 2.05) is 6.07 Å². The first-order valence-electron chi connectivity index (χ1n) is 7.95. The number of benzene rings is 1. The zero-order valence-corrected chi connectivity index (χ0v) is 13.8. The summed E-state index contributed by atoms with van der Waals surface area (Å²) >= 11 is 0. The molecule has 0 unspecified atom stereocenters. The Morgan fingerprint density at radius 3 is 2.56 bits per heavy atom. The van der Waals surface area contributed by atoms with Crippen molar-refractivity contribution < 1.29 is 14.3 Å². The zero-order valence-electron chi connectivity index (χ0n) is 13.8. The molecule has 1 aromatic carbocycles. The smallest absolute Gasteiger partial charge is 0.263 e. The Balaban J connectivity index is 1.82. The normalized spacial score (nSPS) is 15.2. The number of morpholine rings is 1. The third kappa shape index (κ3) is 5.91. The maximum absolute atomic E-state index is 12.0. The van der Waals surface area contributed by atoms with Crippen molar-refractivity contribution in [1.29, 1.82) is 5.26 Å². The van der Waals surface area contributed by atoms with Gasteiger partial charge in [0, 0.05) is 43.6 Å². The molecule has 1 fully saturated rings. The van der Waals surface area contributed by atoms with Crippen LogP contribution in [0, 0.1) is 11.3 Å². The molecule has 2 amide bonds. The Hall–Kier alpha value is -2.89. The monoisotopic (exact) mass is 343 g/mol. The fraction of sp³-hybridized carbons (Fsp3) is 0.353. The predicted molar refractivity (Wildman–Crippen MR) is 92.5 cm³/mol. The molecule has 8 heteroatoms. The van der Waals surface area contributed by atoms with Crippen LogP contribution in [-0.2, 0) is 9.53 Å². The summed E-state index contributed by atoms with van der Waals surface area (Å²) in [6, 6.07) is 8.28. The molecule has 0 radical (unpaired) electrons. The van der Waals surface area contributed by atoms with Crippen molar-refractivity contribution in [1.82, 2.24) is 10.2 Å². The van der Waals surface area contributed by atoms with Crippen molar-refractivity contribution in [2.45, 2.75) is 0 Å². The van der Waals surface area contributed by atoms with Crippen molar-refractivity contribution in [3.8, 4) is 6.07 Å². The summed E-state index contributed by atoms with van der Waals surface area (Å²) in [4.78, 5) is 25.2. The van der Waals surface area contributed by atoms with E-state index in [9.17, 15) is 9.59 Å². The summed E-state index contributed by atoms with van der Waals surface area (Å²) in [6.45, 7) is 4.28. The van der Waals surface area contributed by atoms with E-state index in [-0.39, 0.29) is 5.57 Å². The highest BCUT2D eigenvalue weighted by Crippen LogP contribution is 2.09. The number of nitrogens with two attached hydrogens (primary N) is 1. The second-order valence-electron chi connectivity index (χ2n) is 5.47. The van der Waals surface area contributed by atoms with Gasteiger partial charge in [0.05, 0.1) is 13.2 Å². The van der Waals surface area contributed by atoms with Gasteiger partial charge in [0.2, 0.25) is 5.91 Å². The van der Waals surface area contributed by atoms with Crippen LogP contribution in [0.15, 0.2) is 36.0 Å². The third-order valence-electron chi connectivity index (χ3n) is 3.73. The lowest BCUT2D eigenvalue weighted by atomic mass is 10.2. The van der Waals surface area contributed by atoms with Crippen LogP contribution in [0.2, 0.25) is 0 Å². The van der Waals surface area contributed by atoms with E-state index in [0.29, 0.717) is 31.0 Å². The minimum Gasteiger partial charge on any atom is -0.379 e. The lowest BCUT2D eigenvalue weighted by Gasteiger charge is -2.26. The largest absolute Gasteiger partial charge is 0.379 e. The highest BCUT2D eigenvalue weighted by molar-refractivity contribution is 5.97. The molecule has 2 rings (SSSR count). The lowest BCUT2D eigenvalue weighted by Crippen LogP contribution is -2.41. The van der Waals surface area contributed by atoms with Gasteiger partial charge in [0.15, 0.2) is 0 Å². The quantitative estimate of drug-likeness (QED) is 0.475. The number of carbonyl (C=O) groups excluding carboxylic acids is 2. The SMILES string of the molecule is N#C/C(=C/Nc1ccc(C(N)=O)cc1)C(=O)NCCN1CCOCC1. The van der Waals surface area contributed by atoms with Crippen molar-refractivity contribution in [3.05, 3.63) is 41.6 Å². The minimum atomic E-state index is -0.514. The Morgan fingerprint density at radius 2 is 1.96 bits per heavy atom. The molecule has 4 N–H and O–H groups in total. The molecule has 1 heterocycles. The van der Waals surface area contributed by atoms with E-state index in [1.165, 1.54) is 6.20 Å². The molecule has 1 aliphatic rings. The number of rotatable bonds is 7. The Bertz CT molecular complexity index is 673. The number of nitrogens with zero attached hydrogens (tertiary/aromatic N) is 2. The molecule has 0 aromatic heterocycles. The first kappa shape index (κ1) is 18.4. The molecule has 0 saturated carbocycles. The van der Waals surface area contributed by atoms with Crippen LogP contribution < -0.4 is 16.4 Å². The fourth-order valence-corrected chi connectivity index (χ4v) is 2.28. The molecule has 132 valence electrons. The third-order valence-corrected chi connectivity index (χ3v) is 3.73. The number of nitriles is 1. The van der Waals surface area contributed by atoms with Gasteiger partial charge in [-0.05, 0) is 24.3 Å². The summed E-state index contributed by atoms with van der Waals surface area (Å²) in [5.74, 6) is -0.948. The summed E-state index contributed by atoms with van der Waals surface area (Å²) in [5, 5.41) is 14.7. The molecule has 0 bridgehead atoms. The number of ether oxygens (including phenoxy) is 1. The van der Waals surface area contributed by atoms with Gasteiger partial charge in [-0.1, -0.05) is 0 Å². The first-order valence-corrected chi connectivity index (χ1v) is 7.95. The highest BCUT2D eigenvalue weighted by atomic mass is 16.5. The number of hydrogen-bond donors (Lipinski definition) is 3. The molecular formula is C17H21N5O3. The van der Waals surface area contributed by atoms with Crippen molar-refractivity contribution >= 4 is 17.5 Å². The zero-order chi connectivity index (χ0) is 18.1. The van der Waals surface area contributed by atoms with Crippen LogP contribution >= 0.6 is 0 Å². The van der Waals surface area contributed by atoms with Crippen molar-refractivity contribution in [3.63, 3.8) is 0 Å². The van der Waals surface area contributed by atoms with E-state index < -0.39 is 11.8 Å². The van der Waals surface area contributed by atoms with E-state index >= 15 is 0 Å². The molecule has 1 aliphatic heterocycles. The summed E-state index contributed by atoms with van der Waals surface area (Å²) in [7, 11) is 0. The molecule has 1 aromatic rings. The number of anilines is 1. The van der Waals surface area contributed by atoms with Gasteiger partial charge in [-0.3, -0.25) is 14.5 Å². The number of amides is 2. The van der Waals surface area contributed by atoms with E-state index in [4.69, 9.17) is 15.7 Å². The second kappa shape index (κ2) is 9.42. The molecular weight excluding hydrogens is 322 g/mol. The van der Waals surface area contributed by atoms with Gasteiger partial charge in [-0.15, -0.1) is 0 Å². The highest BCUT2D eigenvalue weighted by Gasteiger charge is 2.12. The van der Waals surface area contributed by atoms with Crippen molar-refractivity contribution in [2.24, 2.45) is 5.73 Å². The van der Waals surface area contributed by atoms with Crippen LogP contribution in [0.3, 0.4) is 0 Å². The van der Waals surface area contributed by atoms with Gasteiger partial charge < -0.3 is 21.1 Å². The van der Waals surface area contributed by atoms with Gasteiger partial charge in [-0.2, -0.15) is 5.26 Å². The van der Waals surface area contributed by atoms with Crippen molar-refractivity contribution in [2.75, 3.05) is 44.7 Å². The Morgan fingerprint density at radius 1 is 1.28 bits per heavy atom. The van der Waals surface area contributed by atoms with Crippen LogP contribution in [0.4, 0.5) is 5.69 Å². The average molecular weight is 343 g/mol. The molecule has 0 aliphatic carbocycles. The lowest BCUT2D eigenvalue weighted by molar-refractivity contribution is -0.117. The minimum absolute atomic E-state index is 0.0269. The molecule has 0 atom stereocenters. The standard InChI is InChI=1S/C17H21N5O3/c18-11-14(12-21-15-3-1-13(2-4-15)16(19)23)17(24)20-5-6-22-7-9-25-10-8-22/h1-4,12,21H,5-10H2,(H2,19,23)(H,20,24)/b14-12-. The van der Waals surface area contributed by atoms with Crippen LogP contribution in [-0.4, -0.2) is 56.1 Å². The topological polar surface area (TPSA) is 120 Å². The maximum atomic E-state index is 12.0. The molecule has 8 nitrogen and oxygen atoms in total. The van der Waals surface area contributed by atoms with E-state index in [0.717, 1.165) is 19.6 Å². The number of nitrogens with one attached hydrogen (secondary N) is 2. The second-order valence-corrected chi connectivity index (χ2v) is 5.47. The fourth-order valence-electron chi connectivity index (χ4n) is 2.28. The predicted octanol–water partition coefficient (Wildman–Crippen LogP) is 0.0533. The Kier molecular flexibility index (Phi) is 6.95. The van der Waals surface area contributed by atoms with Gasteiger partial charge in [0.1, 0.15) is 11.6 Å².